The number of amides is 2. The molecule has 1 saturated carbocycles. The third-order valence-electron chi connectivity index (χ3n) is 5.86. The predicted molar refractivity (Wildman–Crippen MR) is 114 cm³/mol. The van der Waals surface area contributed by atoms with Crippen molar-refractivity contribution in [2.75, 3.05) is 13.1 Å². The molecular weight excluding hydrogens is 380 g/mol. The highest BCUT2D eigenvalue weighted by Crippen LogP contribution is 2.41. The lowest BCUT2D eigenvalue weighted by Crippen LogP contribution is -2.49. The molecule has 0 bridgehead atoms. The smallest absolute Gasteiger partial charge is 0.259 e. The molecule has 2 fully saturated rings. The summed E-state index contributed by atoms with van der Waals surface area (Å²) in [6.45, 7) is 9.51. The molecule has 2 aliphatic rings. The van der Waals surface area contributed by atoms with E-state index >= 15 is 0 Å². The summed E-state index contributed by atoms with van der Waals surface area (Å²) < 4.78 is 5.59. The van der Waals surface area contributed by atoms with E-state index in [1.807, 2.05) is 17.9 Å². The van der Waals surface area contributed by atoms with Gasteiger partial charge in [-0.25, -0.2) is 4.98 Å². The number of carbonyl (C=O) groups excluding carboxylic acids is 2. The highest BCUT2D eigenvalue weighted by atomic mass is 16.5. The summed E-state index contributed by atoms with van der Waals surface area (Å²) in [6, 6.07) is 1.96. The Bertz CT molecular complexity index is 955. The number of aromatic nitrogens is 2. The van der Waals surface area contributed by atoms with Gasteiger partial charge in [0.2, 0.25) is 5.91 Å². The fourth-order valence-corrected chi connectivity index (χ4v) is 4.19. The van der Waals surface area contributed by atoms with Crippen LogP contribution in [0.1, 0.15) is 87.5 Å². The fourth-order valence-electron chi connectivity index (χ4n) is 4.19. The van der Waals surface area contributed by atoms with Gasteiger partial charge in [-0.1, -0.05) is 32.9 Å². The second-order valence-corrected chi connectivity index (χ2v) is 9.93. The van der Waals surface area contributed by atoms with Gasteiger partial charge in [0, 0.05) is 37.2 Å². The summed E-state index contributed by atoms with van der Waals surface area (Å²) in [5.74, 6) is 0.427. The average molecular weight is 413 g/mol. The van der Waals surface area contributed by atoms with Crippen molar-refractivity contribution in [3.63, 3.8) is 0 Å². The van der Waals surface area contributed by atoms with E-state index in [0.29, 0.717) is 43.1 Å². The molecular formula is C23H32N4O3. The zero-order valence-corrected chi connectivity index (χ0v) is 18.5. The van der Waals surface area contributed by atoms with E-state index in [9.17, 15) is 9.59 Å². The van der Waals surface area contributed by atoms with Crippen molar-refractivity contribution in [2.24, 2.45) is 5.41 Å². The first-order valence-electron chi connectivity index (χ1n) is 11.1. The number of likely N-dealkylation sites (tertiary alicyclic amines) is 1. The Kier molecular flexibility index (Phi) is 5.55. The molecule has 2 aromatic heterocycles. The Balaban J connectivity index is 1.68. The van der Waals surface area contributed by atoms with Crippen molar-refractivity contribution >= 4 is 22.9 Å². The van der Waals surface area contributed by atoms with Gasteiger partial charge in [-0.15, -0.1) is 0 Å². The van der Waals surface area contributed by atoms with Gasteiger partial charge in [0.25, 0.3) is 11.6 Å². The van der Waals surface area contributed by atoms with E-state index in [1.165, 1.54) is 0 Å². The van der Waals surface area contributed by atoms with Crippen LogP contribution in [0, 0.1) is 5.41 Å². The standard InChI is InChI=1S/C23H32N4O3/c1-5-19(28)24-15-7-6-10-27(13-15)22(29)16-11-17(14-8-9-14)25-21-20(16)18(26-30-21)12-23(2,3)4/h11,14-15H,5-10,12-13H2,1-4H3,(H,24,28). The number of hydrogen-bond donors (Lipinski definition) is 1. The minimum Gasteiger partial charge on any atom is -0.352 e. The summed E-state index contributed by atoms with van der Waals surface area (Å²) in [4.78, 5) is 32.0. The minimum atomic E-state index is -0.0156. The lowest BCUT2D eigenvalue weighted by molar-refractivity contribution is -0.121. The Morgan fingerprint density at radius 2 is 2.03 bits per heavy atom. The van der Waals surface area contributed by atoms with Gasteiger partial charge in [0.15, 0.2) is 0 Å². The number of piperidine rings is 1. The lowest BCUT2D eigenvalue weighted by atomic mass is 9.89. The number of fused-ring (bicyclic) bond motifs is 1. The van der Waals surface area contributed by atoms with Crippen LogP contribution >= 0.6 is 0 Å². The average Bonchev–Trinajstić information content (AvgIpc) is 3.48. The summed E-state index contributed by atoms with van der Waals surface area (Å²) in [5.41, 5.74) is 2.85. The maximum atomic E-state index is 13.6. The normalized spacial score (nSPS) is 19.9. The van der Waals surface area contributed by atoms with E-state index < -0.39 is 0 Å². The van der Waals surface area contributed by atoms with Crippen molar-refractivity contribution in [3.05, 3.63) is 23.0 Å². The van der Waals surface area contributed by atoms with E-state index in [-0.39, 0.29) is 23.3 Å². The Morgan fingerprint density at radius 1 is 1.27 bits per heavy atom. The fraction of sp³-hybridized carbons (Fsp3) is 0.652. The molecule has 0 radical (unpaired) electrons. The van der Waals surface area contributed by atoms with Gasteiger partial charge in [0.05, 0.1) is 16.6 Å². The second-order valence-electron chi connectivity index (χ2n) is 9.93. The molecule has 1 aliphatic carbocycles. The molecule has 2 amide bonds. The van der Waals surface area contributed by atoms with Crippen LogP contribution in [0.25, 0.3) is 11.1 Å². The molecule has 0 aromatic carbocycles. The molecule has 2 aromatic rings. The van der Waals surface area contributed by atoms with Gasteiger partial charge in [-0.3, -0.25) is 9.59 Å². The summed E-state index contributed by atoms with van der Waals surface area (Å²) in [5, 5.41) is 8.08. The first-order valence-corrected chi connectivity index (χ1v) is 11.1. The molecule has 3 heterocycles. The first kappa shape index (κ1) is 20.8. The number of hydrogen-bond acceptors (Lipinski definition) is 5. The Labute approximate surface area is 177 Å². The highest BCUT2D eigenvalue weighted by molar-refractivity contribution is 6.06. The quantitative estimate of drug-likeness (QED) is 0.806. The maximum Gasteiger partial charge on any atom is 0.259 e. The lowest BCUT2D eigenvalue weighted by Gasteiger charge is -2.33. The van der Waals surface area contributed by atoms with Crippen LogP contribution in [-0.4, -0.2) is 46.0 Å². The van der Waals surface area contributed by atoms with Gasteiger partial charge in [-0.05, 0) is 43.6 Å². The zero-order chi connectivity index (χ0) is 21.5. The van der Waals surface area contributed by atoms with E-state index in [1.54, 1.807) is 0 Å². The van der Waals surface area contributed by atoms with Gasteiger partial charge >= 0.3 is 0 Å². The highest BCUT2D eigenvalue weighted by Gasteiger charge is 2.32. The van der Waals surface area contributed by atoms with Gasteiger partial charge in [-0.2, -0.15) is 0 Å². The Hall–Kier alpha value is -2.44. The number of nitrogens with zero attached hydrogens (tertiary/aromatic N) is 3. The van der Waals surface area contributed by atoms with Crippen LogP contribution < -0.4 is 5.32 Å². The molecule has 162 valence electrons. The second kappa shape index (κ2) is 8.00. The van der Waals surface area contributed by atoms with E-state index in [4.69, 9.17) is 4.52 Å². The number of nitrogens with one attached hydrogen (secondary N) is 1. The first-order chi connectivity index (χ1) is 14.2. The van der Waals surface area contributed by atoms with E-state index in [2.05, 4.69) is 36.2 Å². The molecule has 1 unspecified atom stereocenters. The number of carbonyl (C=O) groups is 2. The number of pyridine rings is 1. The minimum absolute atomic E-state index is 0.00639. The van der Waals surface area contributed by atoms with Crippen LogP contribution in [-0.2, 0) is 11.2 Å². The third-order valence-corrected chi connectivity index (χ3v) is 5.86. The van der Waals surface area contributed by atoms with Crippen LogP contribution in [0.5, 0.6) is 0 Å². The monoisotopic (exact) mass is 412 g/mol. The van der Waals surface area contributed by atoms with Crippen molar-refractivity contribution in [3.8, 4) is 0 Å². The number of rotatable bonds is 5. The van der Waals surface area contributed by atoms with Crippen molar-refractivity contribution in [1.82, 2.24) is 20.4 Å². The third kappa shape index (κ3) is 4.50. The predicted octanol–water partition coefficient (Wildman–Crippen LogP) is 3.82. The van der Waals surface area contributed by atoms with Crippen molar-refractivity contribution in [2.45, 2.75) is 78.2 Å². The molecule has 1 saturated heterocycles. The molecule has 7 heteroatoms. The molecule has 4 rings (SSSR count). The molecule has 30 heavy (non-hydrogen) atoms. The van der Waals surface area contributed by atoms with E-state index in [0.717, 1.165) is 42.5 Å². The van der Waals surface area contributed by atoms with Gasteiger partial charge in [0.1, 0.15) is 0 Å². The molecule has 1 aliphatic heterocycles. The SMILES string of the molecule is CCC(=O)NC1CCCN(C(=O)c2cc(C3CC3)nc3onc(CC(C)(C)C)c23)C1. The van der Waals surface area contributed by atoms with Crippen molar-refractivity contribution < 1.29 is 14.1 Å². The summed E-state index contributed by atoms with van der Waals surface area (Å²) in [7, 11) is 0. The van der Waals surface area contributed by atoms with Gasteiger partial charge < -0.3 is 14.7 Å². The molecule has 0 spiro atoms. The zero-order valence-electron chi connectivity index (χ0n) is 18.5. The molecule has 7 nitrogen and oxygen atoms in total. The summed E-state index contributed by atoms with van der Waals surface area (Å²) >= 11 is 0. The Morgan fingerprint density at radius 3 is 2.70 bits per heavy atom. The summed E-state index contributed by atoms with van der Waals surface area (Å²) in [6.07, 6.45) is 5.14. The topological polar surface area (TPSA) is 88.3 Å². The molecule has 1 N–H and O–H groups in total. The largest absolute Gasteiger partial charge is 0.352 e. The van der Waals surface area contributed by atoms with Crippen molar-refractivity contribution in [1.29, 1.82) is 0 Å². The van der Waals surface area contributed by atoms with Crippen LogP contribution in [0.2, 0.25) is 0 Å². The van der Waals surface area contributed by atoms with Crippen LogP contribution in [0.15, 0.2) is 10.6 Å². The van der Waals surface area contributed by atoms with Crippen LogP contribution in [0.4, 0.5) is 0 Å². The van der Waals surface area contributed by atoms with Crippen LogP contribution in [0.3, 0.4) is 0 Å². The maximum absolute atomic E-state index is 13.6. The molecule has 1 atom stereocenters.